The van der Waals surface area contributed by atoms with E-state index in [-0.39, 0.29) is 30.3 Å². The number of aliphatic hydroxyl groups is 1. The smallest absolute Gasteiger partial charge is 0.237 e. The van der Waals surface area contributed by atoms with Gasteiger partial charge in [0.1, 0.15) is 5.75 Å². The SMILES string of the molecule is N=C(N)NCCC[C@@H](CO)NC(=O)[C@@H](N)Cc1ccc(O)cc1. The molecule has 0 aliphatic carbocycles. The van der Waals surface area contributed by atoms with Gasteiger partial charge in [-0.3, -0.25) is 10.2 Å². The van der Waals surface area contributed by atoms with Crippen molar-refractivity contribution in [2.45, 2.75) is 31.3 Å². The monoisotopic (exact) mass is 323 g/mol. The summed E-state index contributed by atoms with van der Waals surface area (Å²) in [6, 6.07) is 5.38. The molecule has 23 heavy (non-hydrogen) atoms. The second-order valence-corrected chi connectivity index (χ2v) is 5.35. The lowest BCUT2D eigenvalue weighted by Gasteiger charge is -2.19. The van der Waals surface area contributed by atoms with E-state index in [1.165, 1.54) is 0 Å². The number of benzene rings is 1. The van der Waals surface area contributed by atoms with Gasteiger partial charge < -0.3 is 32.3 Å². The summed E-state index contributed by atoms with van der Waals surface area (Å²) in [5.74, 6) is -0.284. The molecule has 0 heterocycles. The van der Waals surface area contributed by atoms with E-state index in [0.717, 1.165) is 5.56 Å². The summed E-state index contributed by atoms with van der Waals surface area (Å²) in [7, 11) is 0. The predicted molar refractivity (Wildman–Crippen MR) is 88.0 cm³/mol. The van der Waals surface area contributed by atoms with E-state index in [2.05, 4.69) is 10.6 Å². The molecule has 8 heteroatoms. The van der Waals surface area contributed by atoms with Gasteiger partial charge in [0, 0.05) is 6.54 Å². The molecular weight excluding hydrogens is 298 g/mol. The molecule has 1 rings (SSSR count). The Bertz CT molecular complexity index is 506. The van der Waals surface area contributed by atoms with Gasteiger partial charge in [-0.25, -0.2) is 0 Å². The molecule has 1 amide bonds. The Morgan fingerprint density at radius 1 is 1.30 bits per heavy atom. The van der Waals surface area contributed by atoms with E-state index in [4.69, 9.17) is 16.9 Å². The van der Waals surface area contributed by atoms with Crippen LogP contribution in [-0.2, 0) is 11.2 Å². The van der Waals surface area contributed by atoms with Gasteiger partial charge in [-0.05, 0) is 37.0 Å². The highest BCUT2D eigenvalue weighted by molar-refractivity contribution is 5.82. The molecule has 0 aliphatic heterocycles. The summed E-state index contributed by atoms with van der Waals surface area (Å²) in [5, 5.41) is 30.9. The molecule has 0 radical (unpaired) electrons. The van der Waals surface area contributed by atoms with Gasteiger partial charge in [-0.1, -0.05) is 12.1 Å². The molecule has 0 aliphatic rings. The fraction of sp³-hybridized carbons (Fsp3) is 0.467. The first-order valence-corrected chi connectivity index (χ1v) is 7.45. The fourth-order valence-corrected chi connectivity index (χ4v) is 2.07. The molecule has 0 saturated carbocycles. The Kier molecular flexibility index (Phi) is 7.86. The number of aromatic hydroxyl groups is 1. The summed E-state index contributed by atoms with van der Waals surface area (Å²) in [6.07, 6.45) is 1.54. The van der Waals surface area contributed by atoms with Crippen molar-refractivity contribution in [3.63, 3.8) is 0 Å². The molecule has 2 atom stereocenters. The number of hydrogen-bond donors (Lipinski definition) is 7. The topological polar surface area (TPSA) is 157 Å². The highest BCUT2D eigenvalue weighted by atomic mass is 16.3. The number of phenolic OH excluding ortho intramolecular Hbond substituents is 1. The summed E-state index contributed by atoms with van der Waals surface area (Å²) < 4.78 is 0. The number of guanidine groups is 1. The average Bonchev–Trinajstić information content (AvgIpc) is 2.52. The fourth-order valence-electron chi connectivity index (χ4n) is 2.07. The van der Waals surface area contributed by atoms with Crippen molar-refractivity contribution < 1.29 is 15.0 Å². The largest absolute Gasteiger partial charge is 0.508 e. The van der Waals surface area contributed by atoms with E-state index in [1.54, 1.807) is 24.3 Å². The minimum absolute atomic E-state index is 0.106. The summed E-state index contributed by atoms with van der Waals surface area (Å²) in [4.78, 5) is 12.1. The van der Waals surface area contributed by atoms with Gasteiger partial charge in [0.05, 0.1) is 18.7 Å². The maximum atomic E-state index is 12.1. The Hall–Kier alpha value is -2.32. The van der Waals surface area contributed by atoms with Crippen LogP contribution in [0.1, 0.15) is 18.4 Å². The molecule has 0 bridgehead atoms. The van der Waals surface area contributed by atoms with Crippen LogP contribution in [0.3, 0.4) is 0 Å². The number of carbonyl (C=O) groups is 1. The maximum absolute atomic E-state index is 12.1. The second kappa shape index (κ2) is 9.65. The van der Waals surface area contributed by atoms with E-state index < -0.39 is 6.04 Å². The van der Waals surface area contributed by atoms with Crippen molar-refractivity contribution in [3.05, 3.63) is 29.8 Å². The van der Waals surface area contributed by atoms with E-state index in [1.807, 2.05) is 0 Å². The van der Waals surface area contributed by atoms with Gasteiger partial charge in [0.15, 0.2) is 5.96 Å². The van der Waals surface area contributed by atoms with Crippen molar-refractivity contribution in [3.8, 4) is 5.75 Å². The van der Waals surface area contributed by atoms with Crippen LogP contribution in [0.15, 0.2) is 24.3 Å². The first kappa shape index (κ1) is 18.7. The van der Waals surface area contributed by atoms with Gasteiger partial charge in [-0.2, -0.15) is 0 Å². The molecule has 0 fully saturated rings. The minimum atomic E-state index is -0.732. The third-order valence-corrected chi connectivity index (χ3v) is 3.34. The zero-order valence-electron chi connectivity index (χ0n) is 13.0. The number of rotatable bonds is 9. The highest BCUT2D eigenvalue weighted by Crippen LogP contribution is 2.11. The van der Waals surface area contributed by atoms with Crippen LogP contribution in [-0.4, -0.2) is 47.3 Å². The summed E-state index contributed by atoms with van der Waals surface area (Å²) >= 11 is 0. The quantitative estimate of drug-likeness (QED) is 0.175. The zero-order valence-corrected chi connectivity index (χ0v) is 13.0. The molecule has 1 aromatic carbocycles. The lowest BCUT2D eigenvalue weighted by molar-refractivity contribution is -0.123. The Balaban J connectivity index is 2.39. The summed E-state index contributed by atoms with van der Waals surface area (Å²) in [5.41, 5.74) is 11.9. The molecule has 0 unspecified atom stereocenters. The molecule has 0 spiro atoms. The molecule has 0 saturated heterocycles. The average molecular weight is 323 g/mol. The van der Waals surface area contributed by atoms with Crippen LogP contribution < -0.4 is 22.1 Å². The zero-order chi connectivity index (χ0) is 17.2. The number of carbonyl (C=O) groups excluding carboxylic acids is 1. The van der Waals surface area contributed by atoms with Crippen molar-refractivity contribution in [1.29, 1.82) is 5.41 Å². The van der Waals surface area contributed by atoms with Crippen molar-refractivity contribution in [2.24, 2.45) is 11.5 Å². The molecule has 0 aromatic heterocycles. The number of nitrogens with one attached hydrogen (secondary N) is 3. The van der Waals surface area contributed by atoms with Gasteiger partial charge in [0.2, 0.25) is 5.91 Å². The van der Waals surface area contributed by atoms with Gasteiger partial charge in [-0.15, -0.1) is 0 Å². The Morgan fingerprint density at radius 2 is 1.96 bits per heavy atom. The van der Waals surface area contributed by atoms with E-state index in [9.17, 15) is 15.0 Å². The first-order chi connectivity index (χ1) is 10.9. The second-order valence-electron chi connectivity index (χ2n) is 5.35. The van der Waals surface area contributed by atoms with Crippen molar-refractivity contribution in [1.82, 2.24) is 10.6 Å². The minimum Gasteiger partial charge on any atom is -0.508 e. The number of amides is 1. The van der Waals surface area contributed by atoms with Crippen molar-refractivity contribution in [2.75, 3.05) is 13.2 Å². The molecular formula is C15H25N5O3. The standard InChI is InChI=1S/C15H25N5O3/c16-13(8-10-3-5-12(22)6-4-10)14(23)20-11(9-21)2-1-7-19-15(17)18/h3-6,11,13,21-22H,1-2,7-9,16H2,(H,20,23)(H4,17,18,19)/t11-,13-/m0/s1. The lowest BCUT2D eigenvalue weighted by atomic mass is 10.0. The van der Waals surface area contributed by atoms with Crippen LogP contribution in [0.2, 0.25) is 0 Å². The normalized spacial score (nSPS) is 13.1. The van der Waals surface area contributed by atoms with Crippen LogP contribution in [0.5, 0.6) is 5.75 Å². The maximum Gasteiger partial charge on any atom is 0.237 e. The van der Waals surface area contributed by atoms with Crippen LogP contribution >= 0.6 is 0 Å². The third-order valence-electron chi connectivity index (χ3n) is 3.34. The molecule has 8 nitrogen and oxygen atoms in total. The summed E-state index contributed by atoms with van der Waals surface area (Å²) in [6.45, 7) is 0.318. The van der Waals surface area contributed by atoms with E-state index >= 15 is 0 Å². The van der Waals surface area contributed by atoms with Crippen LogP contribution in [0.25, 0.3) is 0 Å². The number of nitrogens with two attached hydrogens (primary N) is 2. The van der Waals surface area contributed by atoms with E-state index in [0.29, 0.717) is 25.8 Å². The Labute approximate surface area is 135 Å². The van der Waals surface area contributed by atoms with Crippen LogP contribution in [0, 0.1) is 5.41 Å². The molecule has 1 aromatic rings. The van der Waals surface area contributed by atoms with Crippen LogP contribution in [0.4, 0.5) is 0 Å². The Morgan fingerprint density at radius 3 is 2.52 bits per heavy atom. The predicted octanol–water partition coefficient (Wildman–Crippen LogP) is -0.998. The van der Waals surface area contributed by atoms with Crippen molar-refractivity contribution >= 4 is 11.9 Å². The third kappa shape index (κ3) is 7.48. The number of hydrogen-bond acceptors (Lipinski definition) is 5. The lowest BCUT2D eigenvalue weighted by Crippen LogP contribution is -2.47. The number of phenols is 1. The number of aliphatic hydroxyl groups excluding tert-OH is 1. The molecule has 9 N–H and O–H groups in total. The first-order valence-electron chi connectivity index (χ1n) is 7.45. The van der Waals surface area contributed by atoms with Gasteiger partial charge in [0.25, 0.3) is 0 Å². The van der Waals surface area contributed by atoms with Gasteiger partial charge >= 0.3 is 0 Å². The highest BCUT2D eigenvalue weighted by Gasteiger charge is 2.18. The molecule has 128 valence electrons.